The molecule has 1 fully saturated rings. The summed E-state index contributed by atoms with van der Waals surface area (Å²) < 4.78 is 6.97. The lowest BCUT2D eigenvalue weighted by Crippen LogP contribution is -2.41. The maximum Gasteiger partial charge on any atom is 0.103 e. The van der Waals surface area contributed by atoms with Crippen LogP contribution >= 0.6 is 0 Å². The molecule has 1 saturated heterocycles. The van der Waals surface area contributed by atoms with Crippen LogP contribution in [0.3, 0.4) is 0 Å². The normalized spacial score (nSPS) is 27.2. The molecule has 0 saturated carbocycles. The molecule has 0 bridgehead atoms. The summed E-state index contributed by atoms with van der Waals surface area (Å²) in [6.07, 6.45) is 4.53. The molecule has 90 valence electrons. The highest BCUT2D eigenvalue weighted by Crippen LogP contribution is 2.19. The third-order valence-corrected chi connectivity index (χ3v) is 3.04. The van der Waals surface area contributed by atoms with Gasteiger partial charge in [0.15, 0.2) is 0 Å². The van der Waals surface area contributed by atoms with Crippen LogP contribution in [-0.4, -0.2) is 40.2 Å². The minimum Gasteiger partial charge on any atom is -0.386 e. The van der Waals surface area contributed by atoms with E-state index < -0.39 is 5.60 Å². The summed E-state index contributed by atoms with van der Waals surface area (Å²) in [5.74, 6) is 0. The lowest BCUT2D eigenvalue weighted by Gasteiger charge is -2.23. The molecule has 5 heteroatoms. The van der Waals surface area contributed by atoms with Crippen molar-refractivity contribution in [2.24, 2.45) is 7.05 Å². The van der Waals surface area contributed by atoms with E-state index >= 15 is 0 Å². The van der Waals surface area contributed by atoms with E-state index in [9.17, 15) is 5.11 Å². The number of hydrogen-bond acceptors (Lipinski definition) is 4. The van der Waals surface area contributed by atoms with Crippen LogP contribution in [0.25, 0.3) is 0 Å². The molecule has 0 amide bonds. The number of nitrogens with zero attached hydrogens (tertiary/aromatic N) is 2. The maximum absolute atomic E-state index is 10.1. The molecular formula is C11H19N3O2. The van der Waals surface area contributed by atoms with E-state index in [0.29, 0.717) is 26.2 Å². The predicted octanol–water partition coefficient (Wildman–Crippen LogP) is 0.222. The Morgan fingerprint density at radius 3 is 3.12 bits per heavy atom. The number of nitrogens with one attached hydrogen (secondary N) is 1. The second kappa shape index (κ2) is 4.53. The first-order chi connectivity index (χ1) is 7.59. The monoisotopic (exact) mass is 225 g/mol. The quantitative estimate of drug-likeness (QED) is 0.769. The highest BCUT2D eigenvalue weighted by Gasteiger charge is 2.32. The third kappa shape index (κ3) is 2.61. The van der Waals surface area contributed by atoms with Crippen LogP contribution in [0.1, 0.15) is 24.9 Å². The van der Waals surface area contributed by atoms with Crippen molar-refractivity contribution in [2.45, 2.75) is 25.0 Å². The first-order valence-electron chi connectivity index (χ1n) is 5.61. The molecule has 2 N–H and O–H groups in total. The van der Waals surface area contributed by atoms with E-state index in [-0.39, 0.29) is 6.04 Å². The molecular weight excluding hydrogens is 206 g/mol. The summed E-state index contributed by atoms with van der Waals surface area (Å²) in [6.45, 7) is 3.71. The van der Waals surface area contributed by atoms with Crippen molar-refractivity contribution < 1.29 is 9.84 Å². The Kier molecular flexibility index (Phi) is 3.28. The Labute approximate surface area is 95.4 Å². The van der Waals surface area contributed by atoms with Gasteiger partial charge in [-0.3, -0.25) is 4.68 Å². The van der Waals surface area contributed by atoms with Gasteiger partial charge >= 0.3 is 0 Å². The molecule has 1 aromatic rings. The first kappa shape index (κ1) is 11.6. The van der Waals surface area contributed by atoms with Gasteiger partial charge in [0, 0.05) is 44.4 Å². The average molecular weight is 225 g/mol. The Morgan fingerprint density at radius 1 is 1.75 bits per heavy atom. The topological polar surface area (TPSA) is 59.3 Å². The predicted molar refractivity (Wildman–Crippen MR) is 60.0 cm³/mol. The Balaban J connectivity index is 1.86. The molecule has 2 rings (SSSR count). The second-order valence-corrected chi connectivity index (χ2v) is 4.58. The zero-order valence-electron chi connectivity index (χ0n) is 9.81. The van der Waals surface area contributed by atoms with Crippen molar-refractivity contribution in [1.82, 2.24) is 15.1 Å². The smallest absolute Gasteiger partial charge is 0.103 e. The van der Waals surface area contributed by atoms with E-state index in [1.807, 2.05) is 19.4 Å². The molecule has 0 aliphatic carbocycles. The van der Waals surface area contributed by atoms with Gasteiger partial charge in [-0.15, -0.1) is 0 Å². The molecule has 16 heavy (non-hydrogen) atoms. The van der Waals surface area contributed by atoms with Gasteiger partial charge in [-0.1, -0.05) is 0 Å². The Morgan fingerprint density at radius 2 is 2.56 bits per heavy atom. The summed E-state index contributed by atoms with van der Waals surface area (Å²) in [7, 11) is 1.90. The van der Waals surface area contributed by atoms with E-state index in [0.717, 1.165) is 5.56 Å². The van der Waals surface area contributed by atoms with Crippen molar-refractivity contribution in [2.75, 3.05) is 19.8 Å². The first-order valence-corrected chi connectivity index (χ1v) is 5.61. The highest BCUT2D eigenvalue weighted by molar-refractivity contribution is 5.09. The lowest BCUT2D eigenvalue weighted by molar-refractivity contribution is 0.0252. The van der Waals surface area contributed by atoms with Gasteiger partial charge in [0.2, 0.25) is 0 Å². The highest BCUT2D eigenvalue weighted by atomic mass is 16.5. The van der Waals surface area contributed by atoms with E-state index in [4.69, 9.17) is 4.74 Å². The zero-order valence-corrected chi connectivity index (χ0v) is 9.81. The van der Waals surface area contributed by atoms with E-state index in [2.05, 4.69) is 17.3 Å². The van der Waals surface area contributed by atoms with Crippen LogP contribution in [0.2, 0.25) is 0 Å². The van der Waals surface area contributed by atoms with Crippen molar-refractivity contribution in [1.29, 1.82) is 0 Å². The molecule has 2 unspecified atom stereocenters. The number of hydrogen-bond donors (Lipinski definition) is 2. The van der Waals surface area contributed by atoms with Gasteiger partial charge in [0.1, 0.15) is 5.60 Å². The Hall–Kier alpha value is -0.910. The van der Waals surface area contributed by atoms with Crippen LogP contribution in [-0.2, 0) is 11.8 Å². The van der Waals surface area contributed by atoms with Crippen molar-refractivity contribution >= 4 is 0 Å². The molecule has 0 spiro atoms. The molecule has 0 aromatic carbocycles. The number of ether oxygens (including phenoxy) is 1. The fourth-order valence-electron chi connectivity index (χ4n) is 1.86. The van der Waals surface area contributed by atoms with Crippen LogP contribution < -0.4 is 5.32 Å². The fourth-order valence-corrected chi connectivity index (χ4v) is 1.86. The summed E-state index contributed by atoms with van der Waals surface area (Å²) in [5, 5.41) is 17.5. The van der Waals surface area contributed by atoms with E-state index in [1.165, 1.54) is 0 Å². The third-order valence-electron chi connectivity index (χ3n) is 3.04. The summed E-state index contributed by atoms with van der Waals surface area (Å²) in [4.78, 5) is 0. The summed E-state index contributed by atoms with van der Waals surface area (Å²) >= 11 is 0. The number of aromatic nitrogens is 2. The van der Waals surface area contributed by atoms with Crippen molar-refractivity contribution in [3.8, 4) is 0 Å². The fraction of sp³-hybridized carbons (Fsp3) is 0.727. The zero-order chi connectivity index (χ0) is 11.6. The van der Waals surface area contributed by atoms with Crippen LogP contribution in [0.15, 0.2) is 12.4 Å². The van der Waals surface area contributed by atoms with Gasteiger partial charge in [-0.25, -0.2) is 0 Å². The largest absolute Gasteiger partial charge is 0.386 e. The second-order valence-electron chi connectivity index (χ2n) is 4.58. The van der Waals surface area contributed by atoms with Crippen LogP contribution in [0, 0.1) is 0 Å². The maximum atomic E-state index is 10.1. The molecule has 1 aromatic heterocycles. The minimum absolute atomic E-state index is 0.193. The van der Waals surface area contributed by atoms with Gasteiger partial charge in [0.05, 0.1) is 12.8 Å². The van der Waals surface area contributed by atoms with Crippen molar-refractivity contribution in [3.05, 3.63) is 18.0 Å². The van der Waals surface area contributed by atoms with E-state index in [1.54, 1.807) is 4.68 Å². The number of aryl methyl sites for hydroxylation is 1. The molecule has 2 atom stereocenters. The average Bonchev–Trinajstić information content (AvgIpc) is 2.85. The molecule has 5 nitrogen and oxygen atoms in total. The lowest BCUT2D eigenvalue weighted by atomic mass is 10.0. The summed E-state index contributed by atoms with van der Waals surface area (Å²) in [6, 6.07) is 0.193. The van der Waals surface area contributed by atoms with Gasteiger partial charge in [-0.05, 0) is 6.92 Å². The van der Waals surface area contributed by atoms with Gasteiger partial charge in [-0.2, -0.15) is 5.10 Å². The number of rotatable bonds is 4. The molecule has 1 aliphatic rings. The number of aliphatic hydroxyl groups is 1. The van der Waals surface area contributed by atoms with Crippen LogP contribution in [0.4, 0.5) is 0 Å². The summed E-state index contributed by atoms with van der Waals surface area (Å²) in [5.41, 5.74) is 0.432. The van der Waals surface area contributed by atoms with Crippen molar-refractivity contribution in [3.63, 3.8) is 0 Å². The molecule has 0 radical (unpaired) electrons. The molecule has 1 aliphatic heterocycles. The van der Waals surface area contributed by atoms with Gasteiger partial charge < -0.3 is 15.2 Å². The van der Waals surface area contributed by atoms with Crippen LogP contribution in [0.5, 0.6) is 0 Å². The van der Waals surface area contributed by atoms with Gasteiger partial charge in [0.25, 0.3) is 0 Å². The minimum atomic E-state index is -0.698. The standard InChI is InChI=1S/C11H19N3O2/c1-9(10-5-13-14(2)6-10)12-7-11(15)3-4-16-8-11/h5-6,9,12,15H,3-4,7-8H2,1-2H3. The Bertz CT molecular complexity index is 345. The molecule has 2 heterocycles. The SMILES string of the molecule is CC(NCC1(O)CCOC1)c1cnn(C)c1.